The van der Waals surface area contributed by atoms with Crippen molar-refractivity contribution in [2.45, 2.75) is 38.5 Å². The van der Waals surface area contributed by atoms with E-state index in [9.17, 15) is 0 Å². The molecule has 1 N–H and O–H groups in total. The van der Waals surface area contributed by atoms with Gasteiger partial charge in [-0.3, -0.25) is 4.68 Å². The van der Waals surface area contributed by atoms with Crippen molar-refractivity contribution in [2.75, 3.05) is 13.1 Å². The number of aryl methyl sites for hydroxylation is 1. The largest absolute Gasteiger partial charge is 0.316 e. The molecule has 1 saturated carbocycles. The molecule has 1 aromatic rings. The molecule has 0 bridgehead atoms. The standard InChI is InChI=1S/C13H23N3/c1-3-8-14-10-11-5-4-6-12(11)13-7-9-16(2)15-13/h7,9,11-12,14H,3-6,8,10H2,1-2H3. The zero-order chi connectivity index (χ0) is 11.4. The highest BCUT2D eigenvalue weighted by atomic mass is 15.2. The number of aromatic nitrogens is 2. The minimum Gasteiger partial charge on any atom is -0.316 e. The zero-order valence-electron chi connectivity index (χ0n) is 10.4. The number of nitrogens with one attached hydrogen (secondary N) is 1. The lowest BCUT2D eigenvalue weighted by molar-refractivity contribution is 0.436. The molecule has 2 unspecified atom stereocenters. The highest BCUT2D eigenvalue weighted by Gasteiger charge is 2.29. The van der Waals surface area contributed by atoms with E-state index < -0.39 is 0 Å². The van der Waals surface area contributed by atoms with Crippen molar-refractivity contribution in [3.8, 4) is 0 Å². The summed E-state index contributed by atoms with van der Waals surface area (Å²) in [7, 11) is 2.00. The van der Waals surface area contributed by atoms with Crippen LogP contribution in [0.1, 0.15) is 44.2 Å². The molecule has 0 aromatic carbocycles. The molecule has 1 heterocycles. The molecule has 0 aliphatic heterocycles. The molecule has 0 saturated heterocycles. The molecule has 2 rings (SSSR count). The van der Waals surface area contributed by atoms with Crippen LogP contribution in [0.2, 0.25) is 0 Å². The zero-order valence-corrected chi connectivity index (χ0v) is 10.4. The Morgan fingerprint density at radius 3 is 3.06 bits per heavy atom. The Morgan fingerprint density at radius 1 is 1.50 bits per heavy atom. The summed E-state index contributed by atoms with van der Waals surface area (Å²) in [6.45, 7) is 4.53. The van der Waals surface area contributed by atoms with Crippen molar-refractivity contribution in [1.29, 1.82) is 0 Å². The van der Waals surface area contributed by atoms with Crippen molar-refractivity contribution >= 4 is 0 Å². The maximum atomic E-state index is 4.56. The Balaban J connectivity index is 1.92. The summed E-state index contributed by atoms with van der Waals surface area (Å²) in [6, 6.07) is 2.18. The fraction of sp³-hybridized carbons (Fsp3) is 0.769. The normalized spacial score (nSPS) is 25.1. The van der Waals surface area contributed by atoms with Gasteiger partial charge in [0.1, 0.15) is 0 Å². The first-order valence-electron chi connectivity index (χ1n) is 6.51. The third-order valence-electron chi connectivity index (χ3n) is 3.61. The molecule has 3 heteroatoms. The third-order valence-corrected chi connectivity index (χ3v) is 3.61. The van der Waals surface area contributed by atoms with Gasteiger partial charge in [-0.2, -0.15) is 5.10 Å². The number of nitrogens with zero attached hydrogens (tertiary/aromatic N) is 2. The van der Waals surface area contributed by atoms with Crippen molar-refractivity contribution < 1.29 is 0 Å². The Morgan fingerprint density at radius 2 is 2.38 bits per heavy atom. The second-order valence-corrected chi connectivity index (χ2v) is 4.92. The van der Waals surface area contributed by atoms with Gasteiger partial charge in [-0.15, -0.1) is 0 Å². The highest BCUT2D eigenvalue weighted by Crippen LogP contribution is 2.38. The fourth-order valence-electron chi connectivity index (χ4n) is 2.77. The topological polar surface area (TPSA) is 29.9 Å². The smallest absolute Gasteiger partial charge is 0.0658 e. The summed E-state index contributed by atoms with van der Waals surface area (Å²) in [5.74, 6) is 1.48. The van der Waals surface area contributed by atoms with Crippen LogP contribution in [0.15, 0.2) is 12.3 Å². The number of hydrogen-bond acceptors (Lipinski definition) is 2. The first-order chi connectivity index (χ1) is 7.81. The summed E-state index contributed by atoms with van der Waals surface area (Å²) < 4.78 is 1.92. The van der Waals surface area contributed by atoms with Crippen LogP contribution in [0, 0.1) is 5.92 Å². The van der Waals surface area contributed by atoms with Gasteiger partial charge in [0.2, 0.25) is 0 Å². The first kappa shape index (κ1) is 11.6. The number of rotatable bonds is 5. The lowest BCUT2D eigenvalue weighted by Gasteiger charge is -2.18. The Bertz CT molecular complexity index is 319. The summed E-state index contributed by atoms with van der Waals surface area (Å²) in [6.07, 6.45) is 7.32. The van der Waals surface area contributed by atoms with Crippen LogP contribution >= 0.6 is 0 Å². The van der Waals surface area contributed by atoms with E-state index in [-0.39, 0.29) is 0 Å². The Kier molecular flexibility index (Phi) is 3.99. The molecule has 1 aromatic heterocycles. The van der Waals surface area contributed by atoms with Gasteiger partial charge in [0.15, 0.2) is 0 Å². The molecule has 1 aliphatic rings. The van der Waals surface area contributed by atoms with Crippen molar-refractivity contribution in [3.05, 3.63) is 18.0 Å². The summed E-state index contributed by atoms with van der Waals surface area (Å²) in [4.78, 5) is 0. The molecular weight excluding hydrogens is 198 g/mol. The van der Waals surface area contributed by atoms with E-state index >= 15 is 0 Å². The molecule has 0 radical (unpaired) electrons. The first-order valence-corrected chi connectivity index (χ1v) is 6.51. The summed E-state index contributed by atoms with van der Waals surface area (Å²) >= 11 is 0. The van der Waals surface area contributed by atoms with E-state index in [2.05, 4.69) is 29.6 Å². The second-order valence-electron chi connectivity index (χ2n) is 4.92. The van der Waals surface area contributed by atoms with Gasteiger partial charge >= 0.3 is 0 Å². The van der Waals surface area contributed by atoms with Gasteiger partial charge in [0, 0.05) is 19.2 Å². The molecule has 1 aliphatic carbocycles. The average Bonchev–Trinajstić information content (AvgIpc) is 2.87. The molecular formula is C13H23N3. The minimum atomic E-state index is 0.686. The van der Waals surface area contributed by atoms with Crippen LogP contribution in [0.5, 0.6) is 0 Å². The predicted octanol–water partition coefficient (Wildman–Crippen LogP) is 2.30. The van der Waals surface area contributed by atoms with Gasteiger partial charge in [-0.05, 0) is 44.3 Å². The van der Waals surface area contributed by atoms with Crippen LogP contribution in [0.3, 0.4) is 0 Å². The lowest BCUT2D eigenvalue weighted by atomic mass is 9.93. The van der Waals surface area contributed by atoms with Gasteiger partial charge in [0.05, 0.1) is 5.69 Å². The van der Waals surface area contributed by atoms with E-state index in [4.69, 9.17) is 0 Å². The maximum absolute atomic E-state index is 4.56. The predicted molar refractivity (Wildman–Crippen MR) is 66.5 cm³/mol. The van der Waals surface area contributed by atoms with Gasteiger partial charge < -0.3 is 5.32 Å². The lowest BCUT2D eigenvalue weighted by Crippen LogP contribution is -2.25. The van der Waals surface area contributed by atoms with E-state index in [0.29, 0.717) is 5.92 Å². The fourth-order valence-corrected chi connectivity index (χ4v) is 2.77. The van der Waals surface area contributed by atoms with Crippen LogP contribution in [-0.2, 0) is 7.05 Å². The number of hydrogen-bond donors (Lipinski definition) is 1. The van der Waals surface area contributed by atoms with E-state index in [1.807, 2.05) is 11.7 Å². The van der Waals surface area contributed by atoms with Crippen molar-refractivity contribution in [3.63, 3.8) is 0 Å². The molecule has 90 valence electrons. The molecule has 3 nitrogen and oxygen atoms in total. The van der Waals surface area contributed by atoms with Gasteiger partial charge in [-0.25, -0.2) is 0 Å². The molecule has 0 amide bonds. The average molecular weight is 221 g/mol. The monoisotopic (exact) mass is 221 g/mol. The summed E-state index contributed by atoms with van der Waals surface area (Å²) in [5.41, 5.74) is 1.29. The quantitative estimate of drug-likeness (QED) is 0.773. The van der Waals surface area contributed by atoms with E-state index in [1.54, 1.807) is 0 Å². The van der Waals surface area contributed by atoms with E-state index in [0.717, 1.165) is 19.0 Å². The van der Waals surface area contributed by atoms with Gasteiger partial charge in [0.25, 0.3) is 0 Å². The SMILES string of the molecule is CCCNCC1CCCC1c1ccn(C)n1. The van der Waals surface area contributed by atoms with Crippen LogP contribution in [0.4, 0.5) is 0 Å². The van der Waals surface area contributed by atoms with Crippen molar-refractivity contribution in [2.24, 2.45) is 13.0 Å². The minimum absolute atomic E-state index is 0.686. The van der Waals surface area contributed by atoms with Crippen molar-refractivity contribution in [1.82, 2.24) is 15.1 Å². The molecule has 16 heavy (non-hydrogen) atoms. The molecule has 0 spiro atoms. The summed E-state index contributed by atoms with van der Waals surface area (Å²) in [5, 5.41) is 8.11. The maximum Gasteiger partial charge on any atom is 0.0658 e. The molecule has 2 atom stereocenters. The highest BCUT2D eigenvalue weighted by molar-refractivity contribution is 5.10. The third kappa shape index (κ3) is 2.64. The molecule has 1 fully saturated rings. The Labute approximate surface area is 98.2 Å². The van der Waals surface area contributed by atoms with Crippen LogP contribution < -0.4 is 5.32 Å². The van der Waals surface area contributed by atoms with Crippen LogP contribution in [-0.4, -0.2) is 22.9 Å². The Hall–Kier alpha value is -0.830. The van der Waals surface area contributed by atoms with E-state index in [1.165, 1.54) is 31.4 Å². The van der Waals surface area contributed by atoms with Gasteiger partial charge in [-0.1, -0.05) is 13.3 Å². The van der Waals surface area contributed by atoms with Crippen LogP contribution in [0.25, 0.3) is 0 Å². The second kappa shape index (κ2) is 5.48.